The van der Waals surface area contributed by atoms with Gasteiger partial charge in [-0.05, 0) is 42.6 Å². The Balaban J connectivity index is 2.69. The number of carbonyl (C=O) groups is 1. The molecule has 2 atom stereocenters. The van der Waals surface area contributed by atoms with Crippen molar-refractivity contribution in [3.63, 3.8) is 0 Å². The maximum absolute atomic E-state index is 10.8. The molecule has 3 heteroatoms. The van der Waals surface area contributed by atoms with Crippen molar-refractivity contribution in [2.75, 3.05) is 6.54 Å². The summed E-state index contributed by atoms with van der Waals surface area (Å²) in [6, 6.07) is 0. The first-order valence-electron chi connectivity index (χ1n) is 5.71. The number of aliphatic carboxylic acids is 1. The van der Waals surface area contributed by atoms with Crippen LogP contribution in [-0.4, -0.2) is 17.6 Å². The Hall–Kier alpha value is -0.570. The van der Waals surface area contributed by atoms with Crippen molar-refractivity contribution in [1.29, 1.82) is 0 Å². The van der Waals surface area contributed by atoms with E-state index < -0.39 is 5.97 Å². The van der Waals surface area contributed by atoms with Gasteiger partial charge in [0, 0.05) is 0 Å². The predicted molar refractivity (Wildman–Crippen MR) is 60.5 cm³/mol. The maximum Gasteiger partial charge on any atom is 0.303 e. The third kappa shape index (κ3) is 2.94. The van der Waals surface area contributed by atoms with Crippen LogP contribution in [0.2, 0.25) is 0 Å². The summed E-state index contributed by atoms with van der Waals surface area (Å²) in [5, 5.41) is 8.90. The molecule has 1 fully saturated rings. The topological polar surface area (TPSA) is 63.3 Å². The van der Waals surface area contributed by atoms with E-state index in [0.29, 0.717) is 12.5 Å². The van der Waals surface area contributed by atoms with E-state index in [4.69, 9.17) is 10.8 Å². The lowest BCUT2D eigenvalue weighted by atomic mass is 9.75. The average Bonchev–Trinajstić information content (AvgIpc) is 2.47. The third-order valence-electron chi connectivity index (χ3n) is 3.89. The lowest BCUT2D eigenvalue weighted by Crippen LogP contribution is -2.31. The highest BCUT2D eigenvalue weighted by molar-refractivity contribution is 5.67. The van der Waals surface area contributed by atoms with Gasteiger partial charge in [0.2, 0.25) is 0 Å². The molecule has 1 rings (SSSR count). The van der Waals surface area contributed by atoms with Crippen molar-refractivity contribution in [1.82, 2.24) is 0 Å². The first-order valence-corrected chi connectivity index (χ1v) is 5.71. The predicted octanol–water partition coefficient (Wildman–Crippen LogP) is 2.25. The number of hydrogen-bond donors (Lipinski definition) is 2. The van der Waals surface area contributed by atoms with E-state index in [0.717, 1.165) is 19.3 Å². The molecule has 0 saturated heterocycles. The van der Waals surface area contributed by atoms with Crippen LogP contribution >= 0.6 is 0 Å². The lowest BCUT2D eigenvalue weighted by Gasteiger charge is -2.30. The molecule has 3 N–H and O–H groups in total. The molecule has 0 aromatic carbocycles. The lowest BCUT2D eigenvalue weighted by molar-refractivity contribution is -0.139. The van der Waals surface area contributed by atoms with Crippen LogP contribution in [0.1, 0.15) is 46.5 Å². The average molecular weight is 213 g/mol. The molecular formula is C12H23NO2. The quantitative estimate of drug-likeness (QED) is 0.755. The van der Waals surface area contributed by atoms with E-state index in [1.165, 1.54) is 0 Å². The molecule has 0 heterocycles. The van der Waals surface area contributed by atoms with Crippen molar-refractivity contribution >= 4 is 5.97 Å². The third-order valence-corrected chi connectivity index (χ3v) is 3.89. The standard InChI is InChI=1S/C12H23NO2/c1-11(2,3)9-4-5-12(6-9,8-13)7-10(14)15/h9H,4-8,13H2,1-3H3,(H,14,15)/t9-,12-/m1/s1. The molecule has 1 saturated carbocycles. The number of hydrogen-bond acceptors (Lipinski definition) is 2. The summed E-state index contributed by atoms with van der Waals surface area (Å²) >= 11 is 0. The second kappa shape index (κ2) is 4.12. The van der Waals surface area contributed by atoms with Crippen molar-refractivity contribution in [3.8, 4) is 0 Å². The zero-order valence-electron chi connectivity index (χ0n) is 10.0. The zero-order valence-corrected chi connectivity index (χ0v) is 10.0. The minimum atomic E-state index is -0.713. The van der Waals surface area contributed by atoms with Crippen molar-refractivity contribution < 1.29 is 9.90 Å². The van der Waals surface area contributed by atoms with Crippen LogP contribution in [0.5, 0.6) is 0 Å². The van der Waals surface area contributed by atoms with Gasteiger partial charge in [0.05, 0.1) is 6.42 Å². The van der Waals surface area contributed by atoms with Gasteiger partial charge in [-0.2, -0.15) is 0 Å². The Morgan fingerprint density at radius 1 is 1.53 bits per heavy atom. The summed E-state index contributed by atoms with van der Waals surface area (Å²) < 4.78 is 0. The maximum atomic E-state index is 10.8. The van der Waals surface area contributed by atoms with Gasteiger partial charge in [-0.15, -0.1) is 0 Å². The molecule has 0 aromatic rings. The smallest absolute Gasteiger partial charge is 0.303 e. The van der Waals surface area contributed by atoms with Gasteiger partial charge in [0.25, 0.3) is 0 Å². The molecule has 3 nitrogen and oxygen atoms in total. The van der Waals surface area contributed by atoms with Crippen LogP contribution in [0.3, 0.4) is 0 Å². The molecule has 0 radical (unpaired) electrons. The number of rotatable bonds is 3. The fourth-order valence-electron chi connectivity index (χ4n) is 2.69. The van der Waals surface area contributed by atoms with Crippen LogP contribution < -0.4 is 5.73 Å². The Morgan fingerprint density at radius 3 is 2.47 bits per heavy atom. The van der Waals surface area contributed by atoms with Crippen molar-refractivity contribution in [2.24, 2.45) is 22.5 Å². The summed E-state index contributed by atoms with van der Waals surface area (Å²) in [6.07, 6.45) is 3.29. The Kier molecular flexibility index (Phi) is 3.44. The molecule has 0 aromatic heterocycles. The molecule has 0 spiro atoms. The summed E-state index contributed by atoms with van der Waals surface area (Å²) in [5.41, 5.74) is 5.90. The number of carboxylic acid groups (broad SMARTS) is 1. The number of carboxylic acids is 1. The van der Waals surface area contributed by atoms with Crippen LogP contribution in [-0.2, 0) is 4.79 Å². The van der Waals surface area contributed by atoms with Gasteiger partial charge < -0.3 is 10.8 Å². The SMILES string of the molecule is CC(C)(C)[C@@H]1CC[C@](CN)(CC(=O)O)C1. The van der Waals surface area contributed by atoms with E-state index in [1.54, 1.807) is 0 Å². The molecule has 0 aliphatic heterocycles. The van der Waals surface area contributed by atoms with E-state index in [9.17, 15) is 4.79 Å². The minimum Gasteiger partial charge on any atom is -0.481 e. The Bertz CT molecular complexity index is 244. The van der Waals surface area contributed by atoms with Crippen LogP contribution in [0.4, 0.5) is 0 Å². The van der Waals surface area contributed by atoms with E-state index in [-0.39, 0.29) is 17.3 Å². The van der Waals surface area contributed by atoms with Crippen LogP contribution in [0.15, 0.2) is 0 Å². The fraction of sp³-hybridized carbons (Fsp3) is 0.917. The Labute approximate surface area is 92.0 Å². The molecule has 88 valence electrons. The minimum absolute atomic E-state index is 0.135. The van der Waals surface area contributed by atoms with Gasteiger partial charge in [-0.3, -0.25) is 4.79 Å². The molecule has 1 aliphatic carbocycles. The normalized spacial score (nSPS) is 31.9. The van der Waals surface area contributed by atoms with Crippen LogP contribution in [0, 0.1) is 16.7 Å². The van der Waals surface area contributed by atoms with Gasteiger partial charge in [-0.25, -0.2) is 0 Å². The van der Waals surface area contributed by atoms with E-state index >= 15 is 0 Å². The molecule has 1 aliphatic rings. The Morgan fingerprint density at radius 2 is 2.13 bits per heavy atom. The van der Waals surface area contributed by atoms with Crippen molar-refractivity contribution in [2.45, 2.75) is 46.5 Å². The van der Waals surface area contributed by atoms with Gasteiger partial charge in [-0.1, -0.05) is 20.8 Å². The van der Waals surface area contributed by atoms with Gasteiger partial charge in [0.1, 0.15) is 0 Å². The second-order valence-electron chi connectivity index (χ2n) is 6.08. The van der Waals surface area contributed by atoms with E-state index in [2.05, 4.69) is 20.8 Å². The molecule has 0 amide bonds. The second-order valence-corrected chi connectivity index (χ2v) is 6.08. The van der Waals surface area contributed by atoms with Gasteiger partial charge in [0.15, 0.2) is 0 Å². The summed E-state index contributed by atoms with van der Waals surface area (Å²) in [5.74, 6) is -0.101. The molecular weight excluding hydrogens is 190 g/mol. The van der Waals surface area contributed by atoms with E-state index in [1.807, 2.05) is 0 Å². The largest absolute Gasteiger partial charge is 0.481 e. The van der Waals surface area contributed by atoms with Crippen molar-refractivity contribution in [3.05, 3.63) is 0 Å². The fourth-order valence-corrected chi connectivity index (χ4v) is 2.69. The highest BCUT2D eigenvalue weighted by atomic mass is 16.4. The summed E-state index contributed by atoms with van der Waals surface area (Å²) in [6.45, 7) is 7.19. The number of nitrogens with two attached hydrogens (primary N) is 1. The highest BCUT2D eigenvalue weighted by Crippen LogP contribution is 2.49. The highest BCUT2D eigenvalue weighted by Gasteiger charge is 2.43. The molecule has 0 unspecified atom stereocenters. The zero-order chi connectivity index (χ0) is 11.7. The summed E-state index contributed by atoms with van der Waals surface area (Å²) in [7, 11) is 0. The monoisotopic (exact) mass is 213 g/mol. The molecule has 0 bridgehead atoms. The first-order chi connectivity index (χ1) is 6.79. The van der Waals surface area contributed by atoms with Gasteiger partial charge >= 0.3 is 5.97 Å². The van der Waals surface area contributed by atoms with Crippen LogP contribution in [0.25, 0.3) is 0 Å². The summed E-state index contributed by atoms with van der Waals surface area (Å²) in [4.78, 5) is 10.8. The first kappa shape index (κ1) is 12.5. The molecule has 15 heavy (non-hydrogen) atoms.